The van der Waals surface area contributed by atoms with Crippen LogP contribution in [0.1, 0.15) is 73.6 Å². The van der Waals surface area contributed by atoms with Crippen LogP contribution >= 0.6 is 0 Å². The fraction of sp³-hybridized carbons (Fsp3) is 0.440. The molecular formula is C25H27F3O. The van der Waals surface area contributed by atoms with E-state index in [1.807, 2.05) is 0 Å². The fourth-order valence-corrected chi connectivity index (χ4v) is 4.87. The first-order valence-corrected chi connectivity index (χ1v) is 10.6. The van der Waals surface area contributed by atoms with Gasteiger partial charge in [0.1, 0.15) is 0 Å². The van der Waals surface area contributed by atoms with Crippen LogP contribution in [0.3, 0.4) is 0 Å². The summed E-state index contributed by atoms with van der Waals surface area (Å²) >= 11 is 0. The van der Waals surface area contributed by atoms with Crippen LogP contribution in [-0.4, -0.2) is 7.11 Å². The van der Waals surface area contributed by atoms with Crippen molar-refractivity contribution in [1.29, 1.82) is 0 Å². The molecule has 4 rings (SSSR count). The van der Waals surface area contributed by atoms with E-state index in [9.17, 15) is 8.78 Å². The van der Waals surface area contributed by atoms with Gasteiger partial charge in [0.25, 0.3) is 0 Å². The van der Waals surface area contributed by atoms with Gasteiger partial charge >= 0.3 is 0 Å². The highest BCUT2D eigenvalue weighted by Crippen LogP contribution is 2.40. The van der Waals surface area contributed by atoms with E-state index < -0.39 is 17.5 Å². The van der Waals surface area contributed by atoms with Gasteiger partial charge in [0, 0.05) is 5.56 Å². The molecule has 0 N–H and O–H groups in total. The number of rotatable bonds is 4. The van der Waals surface area contributed by atoms with E-state index in [4.69, 9.17) is 4.74 Å². The van der Waals surface area contributed by atoms with Crippen LogP contribution in [0.4, 0.5) is 13.2 Å². The van der Waals surface area contributed by atoms with E-state index in [-0.39, 0.29) is 17.2 Å². The molecule has 0 spiro atoms. The zero-order valence-electron chi connectivity index (χ0n) is 17.0. The largest absolute Gasteiger partial charge is 0.494 e. The molecule has 0 radical (unpaired) electrons. The first-order chi connectivity index (χ1) is 14.0. The number of hydrogen-bond donors (Lipinski definition) is 0. The van der Waals surface area contributed by atoms with Crippen molar-refractivity contribution in [3.8, 4) is 5.75 Å². The first kappa shape index (κ1) is 20.1. The minimum absolute atomic E-state index is 0.101. The van der Waals surface area contributed by atoms with Gasteiger partial charge in [-0.3, -0.25) is 0 Å². The van der Waals surface area contributed by atoms with Gasteiger partial charge < -0.3 is 4.74 Å². The van der Waals surface area contributed by atoms with Crippen LogP contribution in [-0.2, 0) is 6.42 Å². The van der Waals surface area contributed by atoms with E-state index in [1.54, 1.807) is 24.3 Å². The average Bonchev–Trinajstić information content (AvgIpc) is 2.75. The number of benzene rings is 2. The number of aryl methyl sites for hydroxylation is 1. The molecule has 1 saturated carbocycles. The SMILES string of the molecule is CCC1CCC(c2ccc(C3=Cc4cc(F)c(OC)cc4CC3)c(F)c2F)CC1. The highest BCUT2D eigenvalue weighted by atomic mass is 19.2. The van der Waals surface area contributed by atoms with Crippen molar-refractivity contribution in [1.82, 2.24) is 0 Å². The summed E-state index contributed by atoms with van der Waals surface area (Å²) in [6.07, 6.45) is 8.16. The summed E-state index contributed by atoms with van der Waals surface area (Å²) in [5.74, 6) is -0.916. The molecular weight excluding hydrogens is 373 g/mol. The van der Waals surface area contributed by atoms with E-state index >= 15 is 4.39 Å². The van der Waals surface area contributed by atoms with Crippen LogP contribution in [0, 0.1) is 23.4 Å². The lowest BCUT2D eigenvalue weighted by molar-refractivity contribution is 0.312. The van der Waals surface area contributed by atoms with Gasteiger partial charge in [-0.2, -0.15) is 0 Å². The monoisotopic (exact) mass is 400 g/mol. The Kier molecular flexibility index (Phi) is 5.71. The third-order valence-electron chi connectivity index (χ3n) is 6.73. The number of ether oxygens (including phenoxy) is 1. The van der Waals surface area contributed by atoms with E-state index in [0.717, 1.165) is 37.7 Å². The molecule has 0 unspecified atom stereocenters. The van der Waals surface area contributed by atoms with Crippen molar-refractivity contribution in [2.24, 2.45) is 5.92 Å². The number of fused-ring (bicyclic) bond motifs is 1. The van der Waals surface area contributed by atoms with Crippen molar-refractivity contribution in [3.05, 3.63) is 64.0 Å². The Labute approximate surface area is 170 Å². The molecule has 29 heavy (non-hydrogen) atoms. The molecule has 2 aliphatic rings. The molecule has 0 saturated heterocycles. The normalized spacial score (nSPS) is 21.5. The second-order valence-corrected chi connectivity index (χ2v) is 8.31. The lowest BCUT2D eigenvalue weighted by Gasteiger charge is -2.28. The Morgan fingerprint density at radius 2 is 1.72 bits per heavy atom. The lowest BCUT2D eigenvalue weighted by Crippen LogP contribution is -2.14. The number of allylic oxidation sites excluding steroid dienone is 1. The molecule has 0 atom stereocenters. The van der Waals surface area contributed by atoms with E-state index in [2.05, 4.69) is 6.92 Å². The van der Waals surface area contributed by atoms with Gasteiger partial charge in [0.15, 0.2) is 23.2 Å². The third-order valence-corrected chi connectivity index (χ3v) is 6.73. The second-order valence-electron chi connectivity index (χ2n) is 8.31. The quantitative estimate of drug-likeness (QED) is 0.524. The zero-order valence-corrected chi connectivity index (χ0v) is 17.0. The molecule has 1 fully saturated rings. The van der Waals surface area contributed by atoms with Crippen LogP contribution < -0.4 is 4.74 Å². The predicted octanol–water partition coefficient (Wildman–Crippen LogP) is 7.28. The maximum atomic E-state index is 15.0. The van der Waals surface area contributed by atoms with Gasteiger partial charge in [-0.15, -0.1) is 0 Å². The number of hydrogen-bond acceptors (Lipinski definition) is 1. The third kappa shape index (κ3) is 3.82. The van der Waals surface area contributed by atoms with Gasteiger partial charge in [-0.1, -0.05) is 31.6 Å². The Balaban J connectivity index is 1.63. The topological polar surface area (TPSA) is 9.23 Å². The smallest absolute Gasteiger partial charge is 0.166 e. The van der Waals surface area contributed by atoms with Crippen molar-refractivity contribution >= 4 is 11.6 Å². The maximum Gasteiger partial charge on any atom is 0.166 e. The molecule has 2 aromatic rings. The van der Waals surface area contributed by atoms with Gasteiger partial charge in [0.05, 0.1) is 7.11 Å². The highest BCUT2D eigenvalue weighted by molar-refractivity contribution is 5.85. The van der Waals surface area contributed by atoms with Crippen LogP contribution in [0.2, 0.25) is 0 Å². The summed E-state index contributed by atoms with van der Waals surface area (Å²) in [7, 11) is 1.43. The molecule has 2 aliphatic carbocycles. The Morgan fingerprint density at radius 1 is 0.966 bits per heavy atom. The van der Waals surface area contributed by atoms with Crippen LogP contribution in [0.15, 0.2) is 24.3 Å². The maximum absolute atomic E-state index is 15.0. The van der Waals surface area contributed by atoms with Crippen molar-refractivity contribution < 1.29 is 17.9 Å². The molecule has 0 aliphatic heterocycles. The van der Waals surface area contributed by atoms with Gasteiger partial charge in [-0.05, 0) is 84.8 Å². The number of halogens is 3. The summed E-state index contributed by atoms with van der Waals surface area (Å²) in [4.78, 5) is 0. The van der Waals surface area contributed by atoms with Crippen LogP contribution in [0.5, 0.6) is 5.75 Å². The molecule has 0 amide bonds. The molecule has 4 heteroatoms. The number of methoxy groups -OCH3 is 1. The summed E-state index contributed by atoms with van der Waals surface area (Å²) in [6.45, 7) is 2.19. The Morgan fingerprint density at radius 3 is 2.41 bits per heavy atom. The summed E-state index contributed by atoms with van der Waals surface area (Å²) < 4.78 is 49.1. The average molecular weight is 400 g/mol. The molecule has 2 aromatic carbocycles. The molecule has 1 nitrogen and oxygen atoms in total. The molecule has 0 heterocycles. The minimum atomic E-state index is -0.774. The molecule has 0 aromatic heterocycles. The molecule has 0 bridgehead atoms. The van der Waals surface area contributed by atoms with Gasteiger partial charge in [0.2, 0.25) is 0 Å². The fourth-order valence-electron chi connectivity index (χ4n) is 4.87. The first-order valence-electron chi connectivity index (χ1n) is 10.6. The Bertz CT molecular complexity index is 940. The van der Waals surface area contributed by atoms with Crippen molar-refractivity contribution in [3.63, 3.8) is 0 Å². The summed E-state index contributed by atoms with van der Waals surface area (Å²) in [5, 5.41) is 0. The minimum Gasteiger partial charge on any atom is -0.494 e. The second kappa shape index (κ2) is 8.25. The van der Waals surface area contributed by atoms with Gasteiger partial charge in [-0.25, -0.2) is 13.2 Å². The molecule has 154 valence electrons. The van der Waals surface area contributed by atoms with E-state index in [0.29, 0.717) is 35.5 Å². The van der Waals surface area contributed by atoms with Crippen LogP contribution in [0.25, 0.3) is 11.6 Å². The lowest BCUT2D eigenvalue weighted by atomic mass is 9.77. The Hall–Kier alpha value is -2.23. The summed E-state index contributed by atoms with van der Waals surface area (Å²) in [6, 6.07) is 6.55. The predicted molar refractivity (Wildman–Crippen MR) is 110 cm³/mol. The standard InChI is InChI=1S/C25H27F3O/c1-3-15-4-6-16(7-5-15)20-10-11-21(25(28)24(20)27)18-9-8-17-14-23(29-2)22(26)13-19(17)12-18/h10-16H,3-9H2,1-2H3. The summed E-state index contributed by atoms with van der Waals surface area (Å²) in [5.41, 5.74) is 3.16. The van der Waals surface area contributed by atoms with Crippen molar-refractivity contribution in [2.75, 3.05) is 7.11 Å². The zero-order chi connectivity index (χ0) is 20.5. The van der Waals surface area contributed by atoms with E-state index in [1.165, 1.54) is 13.2 Å². The van der Waals surface area contributed by atoms with Crippen molar-refractivity contribution in [2.45, 2.75) is 57.8 Å². The highest BCUT2D eigenvalue weighted by Gasteiger charge is 2.27.